The van der Waals surface area contributed by atoms with Crippen LogP contribution in [0, 0.1) is 5.92 Å². The fraction of sp³-hybridized carbons (Fsp3) is 0.625. The zero-order valence-corrected chi connectivity index (χ0v) is 12.8. The molecule has 0 atom stereocenters. The van der Waals surface area contributed by atoms with E-state index in [4.69, 9.17) is 11.6 Å². The molecular formula is C16H25ClN2. The summed E-state index contributed by atoms with van der Waals surface area (Å²) in [5, 5.41) is 4.33. The Morgan fingerprint density at radius 1 is 1.37 bits per heavy atom. The maximum Gasteiger partial charge on any atom is 0.0471 e. The van der Waals surface area contributed by atoms with Crippen molar-refractivity contribution in [3.05, 3.63) is 28.8 Å². The Morgan fingerprint density at radius 3 is 2.79 bits per heavy atom. The zero-order chi connectivity index (χ0) is 13.7. The van der Waals surface area contributed by atoms with Gasteiger partial charge < -0.3 is 10.2 Å². The first-order chi connectivity index (χ1) is 9.22. The molecule has 1 fully saturated rings. The Kier molecular flexibility index (Phi) is 5.53. The Hall–Kier alpha value is -0.730. The van der Waals surface area contributed by atoms with Crippen molar-refractivity contribution >= 4 is 17.3 Å². The van der Waals surface area contributed by atoms with Gasteiger partial charge in [-0.3, -0.25) is 0 Å². The SMILES string of the molecule is CCCNCc1c(Cl)cccc1N(C)CC1CCC1. The number of nitrogens with one attached hydrogen (secondary N) is 1. The van der Waals surface area contributed by atoms with Crippen LogP contribution in [0.15, 0.2) is 18.2 Å². The molecule has 0 unspecified atom stereocenters. The number of hydrogen-bond donors (Lipinski definition) is 1. The molecule has 2 rings (SSSR count). The third-order valence-electron chi connectivity index (χ3n) is 3.99. The molecule has 1 saturated carbocycles. The molecule has 2 nitrogen and oxygen atoms in total. The lowest BCUT2D eigenvalue weighted by atomic mass is 9.85. The van der Waals surface area contributed by atoms with Crippen LogP contribution in [0.4, 0.5) is 5.69 Å². The Balaban J connectivity index is 2.06. The van der Waals surface area contributed by atoms with Crippen LogP contribution in [0.25, 0.3) is 0 Å². The van der Waals surface area contributed by atoms with Gasteiger partial charge in [0.25, 0.3) is 0 Å². The predicted octanol–water partition coefficient (Wildman–Crippen LogP) is 4.08. The van der Waals surface area contributed by atoms with Crippen LogP contribution >= 0.6 is 11.6 Å². The van der Waals surface area contributed by atoms with E-state index >= 15 is 0 Å². The summed E-state index contributed by atoms with van der Waals surface area (Å²) in [6.45, 7) is 5.24. The second kappa shape index (κ2) is 7.16. The van der Waals surface area contributed by atoms with Crippen molar-refractivity contribution in [2.24, 2.45) is 5.92 Å². The van der Waals surface area contributed by atoms with Gasteiger partial charge in [-0.2, -0.15) is 0 Å². The van der Waals surface area contributed by atoms with E-state index in [-0.39, 0.29) is 0 Å². The highest BCUT2D eigenvalue weighted by Gasteiger charge is 2.20. The molecule has 1 aliphatic rings. The van der Waals surface area contributed by atoms with Crippen molar-refractivity contribution in [2.75, 3.05) is 25.0 Å². The predicted molar refractivity (Wildman–Crippen MR) is 84.1 cm³/mol. The quantitative estimate of drug-likeness (QED) is 0.757. The third-order valence-corrected chi connectivity index (χ3v) is 4.34. The molecule has 1 N–H and O–H groups in total. The molecule has 0 saturated heterocycles. The van der Waals surface area contributed by atoms with E-state index in [0.717, 1.165) is 37.0 Å². The molecule has 19 heavy (non-hydrogen) atoms. The molecule has 1 aromatic rings. The lowest BCUT2D eigenvalue weighted by molar-refractivity contribution is 0.321. The Morgan fingerprint density at radius 2 is 2.16 bits per heavy atom. The lowest BCUT2D eigenvalue weighted by Crippen LogP contribution is -2.30. The van der Waals surface area contributed by atoms with Crippen LogP contribution in [0.1, 0.15) is 38.2 Å². The number of anilines is 1. The molecule has 0 amide bonds. The summed E-state index contributed by atoms with van der Waals surface area (Å²) in [7, 11) is 2.19. The third kappa shape index (κ3) is 3.87. The molecule has 0 bridgehead atoms. The first-order valence-electron chi connectivity index (χ1n) is 7.41. The first kappa shape index (κ1) is 14.7. The van der Waals surface area contributed by atoms with Gasteiger partial charge in [-0.25, -0.2) is 0 Å². The van der Waals surface area contributed by atoms with Crippen molar-refractivity contribution < 1.29 is 0 Å². The van der Waals surface area contributed by atoms with E-state index in [1.165, 1.54) is 30.5 Å². The topological polar surface area (TPSA) is 15.3 Å². The van der Waals surface area contributed by atoms with Crippen molar-refractivity contribution in [3.63, 3.8) is 0 Å². The van der Waals surface area contributed by atoms with Crippen LogP contribution in [0.2, 0.25) is 5.02 Å². The highest BCUT2D eigenvalue weighted by molar-refractivity contribution is 6.31. The molecule has 0 spiro atoms. The molecule has 1 aliphatic carbocycles. The van der Waals surface area contributed by atoms with E-state index in [2.05, 4.69) is 36.3 Å². The maximum atomic E-state index is 6.37. The average Bonchev–Trinajstić information content (AvgIpc) is 2.35. The second-order valence-electron chi connectivity index (χ2n) is 5.59. The molecule has 3 heteroatoms. The molecule has 0 radical (unpaired) electrons. The zero-order valence-electron chi connectivity index (χ0n) is 12.1. The van der Waals surface area contributed by atoms with Gasteiger partial charge in [0.1, 0.15) is 0 Å². The van der Waals surface area contributed by atoms with Gasteiger partial charge in [0, 0.05) is 36.4 Å². The van der Waals surface area contributed by atoms with Crippen LogP contribution in [0.5, 0.6) is 0 Å². The van der Waals surface area contributed by atoms with Gasteiger partial charge >= 0.3 is 0 Å². The summed E-state index contributed by atoms with van der Waals surface area (Å²) in [5.41, 5.74) is 2.52. The van der Waals surface area contributed by atoms with Gasteiger partial charge in [0.15, 0.2) is 0 Å². The van der Waals surface area contributed by atoms with Crippen LogP contribution in [0.3, 0.4) is 0 Å². The standard InChI is InChI=1S/C16H25ClN2/c1-3-10-18-11-14-15(17)8-5-9-16(14)19(2)12-13-6-4-7-13/h5,8-9,13,18H,3-4,6-7,10-12H2,1-2H3. The summed E-state index contributed by atoms with van der Waals surface area (Å²) < 4.78 is 0. The summed E-state index contributed by atoms with van der Waals surface area (Å²) in [6, 6.07) is 6.23. The van der Waals surface area contributed by atoms with Gasteiger partial charge in [-0.15, -0.1) is 0 Å². The minimum absolute atomic E-state index is 0.859. The van der Waals surface area contributed by atoms with Crippen molar-refractivity contribution in [1.82, 2.24) is 5.32 Å². The van der Waals surface area contributed by atoms with Crippen LogP contribution in [-0.4, -0.2) is 20.1 Å². The number of hydrogen-bond acceptors (Lipinski definition) is 2. The first-order valence-corrected chi connectivity index (χ1v) is 7.79. The second-order valence-corrected chi connectivity index (χ2v) is 6.00. The largest absolute Gasteiger partial charge is 0.374 e. The number of benzene rings is 1. The van der Waals surface area contributed by atoms with E-state index in [9.17, 15) is 0 Å². The molecule has 0 aliphatic heterocycles. The summed E-state index contributed by atoms with van der Waals surface area (Å²) in [4.78, 5) is 2.37. The molecule has 1 aromatic carbocycles. The highest BCUT2D eigenvalue weighted by atomic mass is 35.5. The van der Waals surface area contributed by atoms with Gasteiger partial charge in [0.05, 0.1) is 0 Å². The fourth-order valence-electron chi connectivity index (χ4n) is 2.63. The fourth-order valence-corrected chi connectivity index (χ4v) is 2.87. The van der Waals surface area contributed by atoms with E-state index < -0.39 is 0 Å². The van der Waals surface area contributed by atoms with E-state index in [0.29, 0.717) is 0 Å². The molecule has 106 valence electrons. The lowest BCUT2D eigenvalue weighted by Gasteiger charge is -2.32. The normalized spacial score (nSPS) is 15.3. The molecule has 0 heterocycles. The van der Waals surface area contributed by atoms with Gasteiger partial charge in [-0.1, -0.05) is 31.0 Å². The minimum atomic E-state index is 0.859. The highest BCUT2D eigenvalue weighted by Crippen LogP contribution is 2.31. The summed E-state index contributed by atoms with van der Waals surface area (Å²) in [6.07, 6.45) is 5.32. The van der Waals surface area contributed by atoms with Crippen LogP contribution in [-0.2, 0) is 6.54 Å². The van der Waals surface area contributed by atoms with E-state index in [1.54, 1.807) is 0 Å². The van der Waals surface area contributed by atoms with Crippen molar-refractivity contribution in [1.29, 1.82) is 0 Å². The van der Waals surface area contributed by atoms with Crippen molar-refractivity contribution in [2.45, 2.75) is 39.2 Å². The Bertz CT molecular complexity index is 402. The van der Waals surface area contributed by atoms with Gasteiger partial charge in [0.2, 0.25) is 0 Å². The molecular weight excluding hydrogens is 256 g/mol. The van der Waals surface area contributed by atoms with Crippen LogP contribution < -0.4 is 10.2 Å². The smallest absolute Gasteiger partial charge is 0.0471 e. The van der Waals surface area contributed by atoms with E-state index in [1.807, 2.05) is 6.07 Å². The summed E-state index contributed by atoms with van der Waals surface area (Å²) >= 11 is 6.37. The Labute approximate surface area is 122 Å². The summed E-state index contributed by atoms with van der Waals surface area (Å²) in [5.74, 6) is 0.875. The monoisotopic (exact) mass is 280 g/mol. The molecule has 0 aromatic heterocycles. The average molecular weight is 281 g/mol. The van der Waals surface area contributed by atoms with Gasteiger partial charge in [-0.05, 0) is 43.9 Å². The van der Waals surface area contributed by atoms with Crippen molar-refractivity contribution in [3.8, 4) is 0 Å². The maximum absolute atomic E-state index is 6.37. The number of nitrogens with zero attached hydrogens (tertiary/aromatic N) is 1. The minimum Gasteiger partial charge on any atom is -0.374 e. The number of rotatable bonds is 7. The number of halogens is 1.